The van der Waals surface area contributed by atoms with E-state index >= 15 is 0 Å². The molecule has 3 aromatic rings. The highest BCUT2D eigenvalue weighted by Crippen LogP contribution is 2.32. The van der Waals surface area contributed by atoms with Gasteiger partial charge in [-0.15, -0.1) is 5.10 Å². The number of amides is 1. The van der Waals surface area contributed by atoms with Gasteiger partial charge in [0.05, 0.1) is 17.3 Å². The molecule has 2 heterocycles. The Morgan fingerprint density at radius 1 is 1.23 bits per heavy atom. The van der Waals surface area contributed by atoms with Gasteiger partial charge in [-0.2, -0.15) is 13.2 Å². The highest BCUT2D eigenvalue weighted by Gasteiger charge is 2.31. The third-order valence-electron chi connectivity index (χ3n) is 4.75. The summed E-state index contributed by atoms with van der Waals surface area (Å²) in [7, 11) is 0. The average Bonchev–Trinajstić information content (AvgIpc) is 3.21. The van der Waals surface area contributed by atoms with Gasteiger partial charge in [-0.3, -0.25) is 9.78 Å². The minimum atomic E-state index is -4.45. The molecule has 0 saturated heterocycles. The largest absolute Gasteiger partial charge is 0.416 e. The van der Waals surface area contributed by atoms with Crippen LogP contribution in [0, 0.1) is 6.92 Å². The van der Waals surface area contributed by atoms with Crippen molar-refractivity contribution in [2.24, 2.45) is 0 Å². The molecular formula is C22H22F3N5O. The Morgan fingerprint density at radius 3 is 2.65 bits per heavy atom. The average molecular weight is 429 g/mol. The highest BCUT2D eigenvalue weighted by molar-refractivity contribution is 5.90. The first kappa shape index (κ1) is 22.2. The van der Waals surface area contributed by atoms with Gasteiger partial charge in [-0.05, 0) is 56.7 Å². The lowest BCUT2D eigenvalue weighted by molar-refractivity contribution is -0.137. The van der Waals surface area contributed by atoms with E-state index in [0.29, 0.717) is 12.1 Å². The summed E-state index contributed by atoms with van der Waals surface area (Å²) in [5.41, 5.74) is 0.722. The van der Waals surface area contributed by atoms with E-state index in [2.05, 4.69) is 15.1 Å². The van der Waals surface area contributed by atoms with E-state index < -0.39 is 11.7 Å². The molecule has 31 heavy (non-hydrogen) atoms. The fourth-order valence-electron chi connectivity index (χ4n) is 3.19. The van der Waals surface area contributed by atoms with Crippen molar-refractivity contribution in [3.63, 3.8) is 0 Å². The lowest BCUT2D eigenvalue weighted by Gasteiger charge is -2.26. The molecule has 0 radical (unpaired) electrons. The number of alkyl halides is 3. The maximum absolute atomic E-state index is 13.1. The van der Waals surface area contributed by atoms with Gasteiger partial charge in [-0.25, -0.2) is 9.67 Å². The molecule has 162 valence electrons. The van der Waals surface area contributed by atoms with Crippen molar-refractivity contribution in [1.29, 1.82) is 0 Å². The zero-order chi connectivity index (χ0) is 22.6. The standard InChI is InChI=1S/C22H22F3N5O/c1-4-30(16(3)19-7-5-6-9-26-19)20(31)8-10-29-14-27-21(28-29)17-11-15(2)12-18(13-17)22(23,24)25/h5-14,16H,4H2,1-3H3/b10-8-. The number of nitrogens with zero attached hydrogens (tertiary/aromatic N) is 5. The molecule has 1 atom stereocenters. The maximum Gasteiger partial charge on any atom is 0.416 e. The van der Waals surface area contributed by atoms with E-state index in [4.69, 9.17) is 0 Å². The van der Waals surface area contributed by atoms with Crippen LogP contribution in [0.4, 0.5) is 13.2 Å². The SMILES string of the molecule is CCN(C(=O)/C=C\n1cnc(-c2cc(C)cc(C(F)(F)F)c2)n1)C(C)c1ccccn1. The van der Waals surface area contributed by atoms with Crippen LogP contribution < -0.4 is 0 Å². The number of carbonyl (C=O) groups is 1. The zero-order valence-electron chi connectivity index (χ0n) is 17.3. The maximum atomic E-state index is 13.1. The van der Waals surface area contributed by atoms with E-state index in [1.807, 2.05) is 32.0 Å². The van der Waals surface area contributed by atoms with Crippen LogP contribution in [0.5, 0.6) is 0 Å². The zero-order valence-corrected chi connectivity index (χ0v) is 17.3. The summed E-state index contributed by atoms with van der Waals surface area (Å²) >= 11 is 0. The summed E-state index contributed by atoms with van der Waals surface area (Å²) < 4.78 is 40.5. The topological polar surface area (TPSA) is 63.9 Å². The Bertz CT molecular complexity index is 1080. The summed E-state index contributed by atoms with van der Waals surface area (Å²) in [6.45, 7) is 5.82. The van der Waals surface area contributed by atoms with Crippen LogP contribution in [-0.4, -0.2) is 37.1 Å². The molecule has 0 aliphatic carbocycles. The van der Waals surface area contributed by atoms with Gasteiger partial charge in [0, 0.05) is 30.6 Å². The van der Waals surface area contributed by atoms with Gasteiger partial charge in [0.1, 0.15) is 6.33 Å². The summed E-state index contributed by atoms with van der Waals surface area (Å²) in [6, 6.07) is 8.96. The number of hydrogen-bond donors (Lipinski definition) is 0. The molecule has 0 fully saturated rings. The van der Waals surface area contributed by atoms with Crippen molar-refractivity contribution in [3.8, 4) is 11.4 Å². The van der Waals surface area contributed by atoms with E-state index in [-0.39, 0.29) is 23.3 Å². The van der Waals surface area contributed by atoms with Crippen LogP contribution in [0.2, 0.25) is 0 Å². The molecule has 1 aromatic carbocycles. The monoisotopic (exact) mass is 429 g/mol. The number of pyridine rings is 1. The van der Waals surface area contributed by atoms with E-state index in [1.165, 1.54) is 23.3 Å². The third-order valence-corrected chi connectivity index (χ3v) is 4.75. The van der Waals surface area contributed by atoms with Crippen LogP contribution in [0.25, 0.3) is 17.6 Å². The Morgan fingerprint density at radius 2 is 2.00 bits per heavy atom. The van der Waals surface area contributed by atoms with Crippen molar-refractivity contribution in [3.05, 3.63) is 71.8 Å². The molecule has 9 heteroatoms. The number of halogens is 3. The van der Waals surface area contributed by atoms with Crippen LogP contribution in [0.1, 0.15) is 36.7 Å². The summed E-state index contributed by atoms with van der Waals surface area (Å²) in [4.78, 5) is 22.7. The fourth-order valence-corrected chi connectivity index (χ4v) is 3.19. The normalized spacial score (nSPS) is 12.8. The van der Waals surface area contributed by atoms with E-state index in [9.17, 15) is 18.0 Å². The molecule has 3 rings (SSSR count). The number of benzene rings is 1. The van der Waals surface area contributed by atoms with Gasteiger partial charge >= 0.3 is 6.18 Å². The number of rotatable bonds is 6. The number of hydrogen-bond acceptors (Lipinski definition) is 4. The van der Waals surface area contributed by atoms with Gasteiger partial charge in [0.2, 0.25) is 5.91 Å². The summed E-state index contributed by atoms with van der Waals surface area (Å²) in [6.07, 6.45) is 1.33. The highest BCUT2D eigenvalue weighted by atomic mass is 19.4. The molecule has 0 aliphatic rings. The molecule has 1 unspecified atom stereocenters. The second-order valence-corrected chi connectivity index (χ2v) is 7.00. The molecule has 0 aliphatic heterocycles. The molecule has 1 amide bonds. The van der Waals surface area contributed by atoms with Gasteiger partial charge in [0.15, 0.2) is 5.82 Å². The third kappa shape index (κ3) is 5.36. The van der Waals surface area contributed by atoms with Crippen LogP contribution >= 0.6 is 0 Å². The smallest absolute Gasteiger partial charge is 0.331 e. The van der Waals surface area contributed by atoms with Crippen molar-refractivity contribution in [2.45, 2.75) is 33.0 Å². The lowest BCUT2D eigenvalue weighted by Crippen LogP contribution is -2.32. The minimum Gasteiger partial charge on any atom is -0.331 e. The number of aromatic nitrogens is 4. The van der Waals surface area contributed by atoms with Crippen molar-refractivity contribution < 1.29 is 18.0 Å². The van der Waals surface area contributed by atoms with Crippen LogP contribution in [0.15, 0.2) is 55.0 Å². The number of carbonyl (C=O) groups excluding carboxylic acids is 1. The molecule has 0 bridgehead atoms. The van der Waals surface area contributed by atoms with E-state index in [1.54, 1.807) is 24.1 Å². The second kappa shape index (κ2) is 9.11. The quantitative estimate of drug-likeness (QED) is 0.531. The number of aryl methyl sites for hydroxylation is 1. The molecule has 0 N–H and O–H groups in total. The summed E-state index contributed by atoms with van der Waals surface area (Å²) in [5.74, 6) is -0.104. The van der Waals surface area contributed by atoms with Crippen molar-refractivity contribution in [1.82, 2.24) is 24.6 Å². The van der Waals surface area contributed by atoms with Crippen molar-refractivity contribution >= 4 is 12.1 Å². The minimum absolute atomic E-state index is 0.139. The first-order chi connectivity index (χ1) is 14.7. The molecule has 0 saturated carbocycles. The van der Waals surface area contributed by atoms with Gasteiger partial charge < -0.3 is 4.90 Å². The molecule has 2 aromatic heterocycles. The van der Waals surface area contributed by atoms with Gasteiger partial charge in [0.25, 0.3) is 0 Å². The van der Waals surface area contributed by atoms with Gasteiger partial charge in [-0.1, -0.05) is 6.07 Å². The van der Waals surface area contributed by atoms with Crippen LogP contribution in [-0.2, 0) is 11.0 Å². The lowest BCUT2D eigenvalue weighted by atomic mass is 10.1. The first-order valence-corrected chi connectivity index (χ1v) is 9.69. The first-order valence-electron chi connectivity index (χ1n) is 9.69. The van der Waals surface area contributed by atoms with Crippen LogP contribution in [0.3, 0.4) is 0 Å². The number of likely N-dealkylation sites (N-methyl/N-ethyl adjacent to an activating group) is 1. The Labute approximate surface area is 178 Å². The van der Waals surface area contributed by atoms with Crippen molar-refractivity contribution in [2.75, 3.05) is 6.54 Å². The van der Waals surface area contributed by atoms with E-state index in [0.717, 1.165) is 17.8 Å². The predicted octanol–water partition coefficient (Wildman–Crippen LogP) is 4.75. The molecule has 0 spiro atoms. The Balaban J connectivity index is 1.77. The Hall–Kier alpha value is -3.49. The fraction of sp³-hybridized carbons (Fsp3) is 0.273. The summed E-state index contributed by atoms with van der Waals surface area (Å²) in [5, 5.41) is 4.17. The predicted molar refractivity (Wildman–Crippen MR) is 111 cm³/mol. The second-order valence-electron chi connectivity index (χ2n) is 7.00. The molecule has 6 nitrogen and oxygen atoms in total. The Kier molecular flexibility index (Phi) is 6.53. The molecular weight excluding hydrogens is 407 g/mol.